The zero-order valence-corrected chi connectivity index (χ0v) is 11.7. The molecule has 0 unspecified atom stereocenters. The number of pyridine rings is 1. The maximum Gasteiger partial charge on any atom is 0.426 e. The first-order chi connectivity index (χ1) is 8.99. The van der Waals surface area contributed by atoms with Crippen LogP contribution in [0.15, 0.2) is 12.1 Å². The number of carbonyl (C=O) groups is 1. The molecule has 0 spiro atoms. The lowest BCUT2D eigenvalue weighted by Gasteiger charge is -2.20. The van der Waals surface area contributed by atoms with Crippen LogP contribution in [-0.4, -0.2) is 16.7 Å². The van der Waals surface area contributed by atoms with Gasteiger partial charge in [-0.3, -0.25) is 5.43 Å². The van der Waals surface area contributed by atoms with Gasteiger partial charge in [0.2, 0.25) is 0 Å². The number of ether oxygens (including phenoxy) is 1. The third-order valence-corrected chi connectivity index (χ3v) is 2.13. The Balaban J connectivity index is 2.67. The first kappa shape index (κ1) is 16.4. The van der Waals surface area contributed by atoms with Crippen LogP contribution in [0.5, 0.6) is 0 Å². The van der Waals surface area contributed by atoms with E-state index in [9.17, 15) is 18.0 Å². The Morgan fingerprint density at radius 2 is 1.90 bits per heavy atom. The van der Waals surface area contributed by atoms with E-state index in [1.807, 2.05) is 0 Å². The van der Waals surface area contributed by atoms with Crippen LogP contribution < -0.4 is 10.9 Å². The molecule has 0 saturated heterocycles. The Bertz CT molecular complexity index is 501. The van der Waals surface area contributed by atoms with E-state index in [-0.39, 0.29) is 5.82 Å². The van der Waals surface area contributed by atoms with E-state index in [0.29, 0.717) is 0 Å². The first-order valence-corrected chi connectivity index (χ1v) is 5.85. The van der Waals surface area contributed by atoms with Crippen LogP contribution in [0.4, 0.5) is 23.8 Å². The Hall–Kier alpha value is -1.70. The summed E-state index contributed by atoms with van der Waals surface area (Å²) in [6, 6.07) is 1.79. The number of rotatable bonds is 2. The van der Waals surface area contributed by atoms with E-state index in [1.165, 1.54) is 0 Å². The molecule has 0 fully saturated rings. The number of nitrogens with one attached hydrogen (secondary N) is 2. The zero-order valence-electron chi connectivity index (χ0n) is 10.9. The summed E-state index contributed by atoms with van der Waals surface area (Å²) < 4.78 is 42.3. The van der Waals surface area contributed by atoms with Crippen molar-refractivity contribution in [3.05, 3.63) is 22.8 Å². The fourth-order valence-corrected chi connectivity index (χ4v) is 1.40. The quantitative estimate of drug-likeness (QED) is 0.647. The van der Waals surface area contributed by atoms with Crippen LogP contribution in [-0.2, 0) is 10.9 Å². The van der Waals surface area contributed by atoms with Crippen molar-refractivity contribution in [3.63, 3.8) is 0 Å². The molecule has 0 saturated carbocycles. The summed E-state index contributed by atoms with van der Waals surface area (Å²) in [5, 5.41) is -0.714. The molecule has 0 aliphatic carbocycles. The fourth-order valence-electron chi connectivity index (χ4n) is 1.13. The molecule has 1 aromatic heterocycles. The molecule has 1 rings (SSSR count). The predicted octanol–water partition coefficient (Wildman–Crippen LogP) is 3.61. The Morgan fingerprint density at radius 3 is 2.35 bits per heavy atom. The van der Waals surface area contributed by atoms with Crippen LogP contribution in [0.3, 0.4) is 0 Å². The third-order valence-electron chi connectivity index (χ3n) is 1.85. The number of halogens is 4. The lowest BCUT2D eigenvalue weighted by atomic mass is 10.2. The van der Waals surface area contributed by atoms with Gasteiger partial charge in [-0.25, -0.2) is 15.2 Å². The van der Waals surface area contributed by atoms with Gasteiger partial charge >= 0.3 is 12.3 Å². The number of anilines is 1. The van der Waals surface area contributed by atoms with Crippen molar-refractivity contribution >= 4 is 23.5 Å². The standard InChI is InChI=1S/C11H13ClF3N3O2/c1-10(2,3)20-9(19)18-17-7-5-4-6(8(12)16-7)11(13,14)15/h4-5H,1-3H3,(H,16,17)(H,18,19). The maximum atomic E-state index is 12.4. The highest BCUT2D eigenvalue weighted by Crippen LogP contribution is 2.34. The van der Waals surface area contributed by atoms with Crippen molar-refractivity contribution in [1.29, 1.82) is 0 Å². The minimum absolute atomic E-state index is 0.0474. The first-order valence-electron chi connectivity index (χ1n) is 5.48. The highest BCUT2D eigenvalue weighted by Gasteiger charge is 2.33. The molecular weight excluding hydrogens is 299 g/mol. The summed E-state index contributed by atoms with van der Waals surface area (Å²) in [6.07, 6.45) is -5.38. The Labute approximate surface area is 118 Å². The lowest BCUT2D eigenvalue weighted by Crippen LogP contribution is -2.36. The number of hydrogen-bond acceptors (Lipinski definition) is 4. The van der Waals surface area contributed by atoms with Gasteiger partial charge in [-0.05, 0) is 32.9 Å². The average molecular weight is 312 g/mol. The second-order valence-corrected chi connectivity index (χ2v) is 5.14. The minimum Gasteiger partial charge on any atom is -0.443 e. The fraction of sp³-hybridized carbons (Fsp3) is 0.455. The Kier molecular flexibility index (Phi) is 4.69. The molecular formula is C11H13ClF3N3O2. The summed E-state index contributed by atoms with van der Waals surface area (Å²) in [7, 11) is 0. The van der Waals surface area contributed by atoms with E-state index < -0.39 is 28.6 Å². The monoisotopic (exact) mass is 311 g/mol. The van der Waals surface area contributed by atoms with Crippen molar-refractivity contribution < 1.29 is 22.7 Å². The Morgan fingerprint density at radius 1 is 1.30 bits per heavy atom. The van der Waals surface area contributed by atoms with Crippen molar-refractivity contribution in [2.75, 3.05) is 5.43 Å². The number of carbonyl (C=O) groups excluding carboxylic acids is 1. The molecule has 1 amide bonds. The largest absolute Gasteiger partial charge is 0.443 e. The molecule has 0 bridgehead atoms. The topological polar surface area (TPSA) is 63.2 Å². The normalized spacial score (nSPS) is 11.9. The summed E-state index contributed by atoms with van der Waals surface area (Å²) in [5.74, 6) is -0.0474. The molecule has 2 N–H and O–H groups in total. The molecule has 0 atom stereocenters. The van der Waals surface area contributed by atoms with E-state index in [1.54, 1.807) is 20.8 Å². The number of aromatic nitrogens is 1. The highest BCUT2D eigenvalue weighted by atomic mass is 35.5. The summed E-state index contributed by atoms with van der Waals surface area (Å²) in [4.78, 5) is 14.8. The van der Waals surface area contributed by atoms with Gasteiger partial charge < -0.3 is 4.74 Å². The minimum atomic E-state index is -4.58. The molecule has 112 valence electrons. The van der Waals surface area contributed by atoms with Gasteiger partial charge in [0.1, 0.15) is 16.6 Å². The zero-order chi connectivity index (χ0) is 15.6. The molecule has 20 heavy (non-hydrogen) atoms. The van der Waals surface area contributed by atoms with Gasteiger partial charge in [-0.15, -0.1) is 0 Å². The van der Waals surface area contributed by atoms with Crippen LogP contribution in [0.25, 0.3) is 0 Å². The predicted molar refractivity (Wildman–Crippen MR) is 67.2 cm³/mol. The van der Waals surface area contributed by atoms with Crippen molar-refractivity contribution in [1.82, 2.24) is 10.4 Å². The average Bonchev–Trinajstić information content (AvgIpc) is 2.22. The smallest absolute Gasteiger partial charge is 0.426 e. The molecule has 0 aliphatic heterocycles. The second-order valence-electron chi connectivity index (χ2n) is 4.78. The van der Waals surface area contributed by atoms with Crippen LogP contribution >= 0.6 is 11.6 Å². The van der Waals surface area contributed by atoms with Crippen LogP contribution in [0.1, 0.15) is 26.3 Å². The molecule has 0 radical (unpaired) electrons. The lowest BCUT2D eigenvalue weighted by molar-refractivity contribution is -0.137. The van der Waals surface area contributed by atoms with E-state index in [2.05, 4.69) is 15.8 Å². The van der Waals surface area contributed by atoms with Crippen LogP contribution in [0.2, 0.25) is 5.15 Å². The number of nitrogens with zero attached hydrogens (tertiary/aromatic N) is 1. The van der Waals surface area contributed by atoms with Gasteiger partial charge in [0.05, 0.1) is 5.56 Å². The second kappa shape index (κ2) is 5.74. The van der Waals surface area contributed by atoms with Crippen molar-refractivity contribution in [2.45, 2.75) is 32.5 Å². The van der Waals surface area contributed by atoms with Gasteiger partial charge in [-0.2, -0.15) is 13.2 Å². The molecule has 5 nitrogen and oxygen atoms in total. The third kappa shape index (κ3) is 5.12. The molecule has 0 aromatic carbocycles. The van der Waals surface area contributed by atoms with E-state index in [4.69, 9.17) is 16.3 Å². The summed E-state index contributed by atoms with van der Waals surface area (Å²) in [6.45, 7) is 5.00. The van der Waals surface area contributed by atoms with Crippen molar-refractivity contribution in [2.24, 2.45) is 0 Å². The molecule has 0 aliphatic rings. The molecule has 9 heteroatoms. The number of amides is 1. The van der Waals surface area contributed by atoms with Gasteiger partial charge in [0, 0.05) is 0 Å². The molecule has 1 aromatic rings. The maximum absolute atomic E-state index is 12.4. The van der Waals surface area contributed by atoms with Gasteiger partial charge in [0.25, 0.3) is 0 Å². The summed E-state index contributed by atoms with van der Waals surface area (Å²) in [5.41, 5.74) is 2.68. The number of alkyl halides is 3. The number of hydrazine groups is 1. The van der Waals surface area contributed by atoms with E-state index >= 15 is 0 Å². The van der Waals surface area contributed by atoms with Crippen molar-refractivity contribution in [3.8, 4) is 0 Å². The SMILES string of the molecule is CC(C)(C)OC(=O)NNc1ccc(C(F)(F)F)c(Cl)n1. The van der Waals surface area contributed by atoms with Crippen LogP contribution in [0, 0.1) is 0 Å². The number of hydrogen-bond donors (Lipinski definition) is 2. The van der Waals surface area contributed by atoms with Gasteiger partial charge in [0.15, 0.2) is 0 Å². The molecule has 1 heterocycles. The van der Waals surface area contributed by atoms with E-state index in [0.717, 1.165) is 12.1 Å². The van der Waals surface area contributed by atoms with Gasteiger partial charge in [-0.1, -0.05) is 11.6 Å². The highest BCUT2D eigenvalue weighted by molar-refractivity contribution is 6.30. The summed E-state index contributed by atoms with van der Waals surface area (Å²) >= 11 is 5.42.